The van der Waals surface area contributed by atoms with Gasteiger partial charge in [-0.25, -0.2) is 0 Å². The van der Waals surface area contributed by atoms with Gasteiger partial charge in [-0.3, -0.25) is 9.48 Å². The molecule has 0 aromatic carbocycles. The molecule has 0 saturated carbocycles. The molecule has 0 fully saturated rings. The molecule has 24 heavy (non-hydrogen) atoms. The minimum Gasteiger partial charge on any atom is -0.358 e. The van der Waals surface area contributed by atoms with E-state index in [-0.39, 0.29) is 24.7 Å². The Bertz CT molecular complexity index is 739. The van der Waals surface area contributed by atoms with Crippen molar-refractivity contribution in [3.63, 3.8) is 0 Å². The van der Waals surface area contributed by atoms with Gasteiger partial charge in [0.1, 0.15) is 4.47 Å². The average molecular weight is 399 g/mol. The number of hydrogen-bond donors (Lipinski definition) is 1. The van der Waals surface area contributed by atoms with Crippen LogP contribution in [-0.4, -0.2) is 36.9 Å². The van der Waals surface area contributed by atoms with E-state index in [1.165, 1.54) is 10.9 Å². The van der Waals surface area contributed by atoms with Crippen molar-refractivity contribution in [1.29, 1.82) is 0 Å². The molecular formula is C14H19BrN6O3. The molecule has 0 saturated heterocycles. The van der Waals surface area contributed by atoms with Crippen LogP contribution >= 0.6 is 15.9 Å². The van der Waals surface area contributed by atoms with Crippen molar-refractivity contribution in [1.82, 2.24) is 24.9 Å². The zero-order valence-corrected chi connectivity index (χ0v) is 15.1. The van der Waals surface area contributed by atoms with Crippen molar-refractivity contribution in [3.05, 3.63) is 38.2 Å². The van der Waals surface area contributed by atoms with Crippen molar-refractivity contribution < 1.29 is 9.72 Å². The first-order valence-corrected chi connectivity index (χ1v) is 8.31. The second kappa shape index (κ2) is 8.04. The van der Waals surface area contributed by atoms with E-state index in [1.54, 1.807) is 0 Å². The Balaban J connectivity index is 1.69. The van der Waals surface area contributed by atoms with E-state index < -0.39 is 4.92 Å². The van der Waals surface area contributed by atoms with E-state index in [9.17, 15) is 14.9 Å². The SMILES string of the molecule is Cc1cc(C)n(CCCNC(=O)CCn2cc(Br)c([N+](=O)[O-])n2)n1. The van der Waals surface area contributed by atoms with Gasteiger partial charge in [-0.05, 0) is 47.2 Å². The number of amides is 1. The second-order valence-electron chi connectivity index (χ2n) is 5.42. The van der Waals surface area contributed by atoms with E-state index in [4.69, 9.17) is 0 Å². The first kappa shape index (κ1) is 18.1. The van der Waals surface area contributed by atoms with Crippen molar-refractivity contribution in [2.24, 2.45) is 0 Å². The lowest BCUT2D eigenvalue weighted by Crippen LogP contribution is -2.26. The van der Waals surface area contributed by atoms with Gasteiger partial charge in [-0.2, -0.15) is 9.78 Å². The molecule has 0 unspecified atom stereocenters. The molecule has 0 atom stereocenters. The highest BCUT2D eigenvalue weighted by Crippen LogP contribution is 2.21. The van der Waals surface area contributed by atoms with Crippen LogP contribution in [-0.2, 0) is 17.9 Å². The van der Waals surface area contributed by atoms with Crippen LogP contribution in [0.2, 0.25) is 0 Å². The zero-order valence-electron chi connectivity index (χ0n) is 13.5. The van der Waals surface area contributed by atoms with Crippen LogP contribution in [0.25, 0.3) is 0 Å². The summed E-state index contributed by atoms with van der Waals surface area (Å²) in [6.45, 7) is 5.54. The van der Waals surface area contributed by atoms with Gasteiger partial charge in [0.15, 0.2) is 0 Å². The van der Waals surface area contributed by atoms with Crippen LogP contribution < -0.4 is 5.32 Å². The number of nitro groups is 1. The largest absolute Gasteiger partial charge is 0.404 e. The van der Waals surface area contributed by atoms with Crippen LogP contribution in [0.5, 0.6) is 0 Å². The Morgan fingerprint density at radius 1 is 1.38 bits per heavy atom. The standard InChI is InChI=1S/C14H19BrN6O3/c1-10-8-11(2)20(17-10)6-3-5-16-13(22)4-7-19-9-12(15)14(18-19)21(23)24/h8-9H,3-7H2,1-2H3,(H,16,22). The second-order valence-corrected chi connectivity index (χ2v) is 6.28. The van der Waals surface area contributed by atoms with Gasteiger partial charge in [-0.1, -0.05) is 0 Å². The van der Waals surface area contributed by atoms with E-state index in [0.717, 1.165) is 24.4 Å². The number of halogens is 1. The topological polar surface area (TPSA) is 108 Å². The van der Waals surface area contributed by atoms with Gasteiger partial charge in [0.05, 0.1) is 23.5 Å². The van der Waals surface area contributed by atoms with Crippen molar-refractivity contribution >= 4 is 27.7 Å². The van der Waals surface area contributed by atoms with E-state index in [0.29, 0.717) is 11.0 Å². The molecule has 0 aliphatic heterocycles. The summed E-state index contributed by atoms with van der Waals surface area (Å²) in [6, 6.07) is 2.01. The Hall–Kier alpha value is -2.23. The third-order valence-electron chi connectivity index (χ3n) is 3.41. The maximum absolute atomic E-state index is 11.8. The maximum Gasteiger partial charge on any atom is 0.404 e. The molecule has 0 bridgehead atoms. The molecule has 0 aliphatic rings. The third-order valence-corrected chi connectivity index (χ3v) is 3.97. The lowest BCUT2D eigenvalue weighted by molar-refractivity contribution is -0.390. The summed E-state index contributed by atoms with van der Waals surface area (Å²) in [7, 11) is 0. The molecule has 10 heteroatoms. The minimum atomic E-state index is -0.570. The first-order chi connectivity index (χ1) is 11.4. The molecule has 1 amide bonds. The summed E-state index contributed by atoms with van der Waals surface area (Å²) in [5, 5.41) is 21.7. The summed E-state index contributed by atoms with van der Waals surface area (Å²) in [5.41, 5.74) is 2.08. The lowest BCUT2D eigenvalue weighted by Gasteiger charge is -2.06. The zero-order chi connectivity index (χ0) is 17.7. The van der Waals surface area contributed by atoms with Gasteiger partial charge in [0, 0.05) is 25.2 Å². The number of rotatable bonds is 8. The van der Waals surface area contributed by atoms with Crippen molar-refractivity contribution in [3.8, 4) is 0 Å². The summed E-state index contributed by atoms with van der Waals surface area (Å²) < 4.78 is 3.61. The van der Waals surface area contributed by atoms with Gasteiger partial charge in [0.25, 0.3) is 0 Å². The normalized spacial score (nSPS) is 10.8. The summed E-state index contributed by atoms with van der Waals surface area (Å²) >= 11 is 3.07. The van der Waals surface area contributed by atoms with Crippen molar-refractivity contribution in [2.45, 2.75) is 39.8 Å². The van der Waals surface area contributed by atoms with Gasteiger partial charge in [-0.15, -0.1) is 0 Å². The summed E-state index contributed by atoms with van der Waals surface area (Å²) in [4.78, 5) is 21.9. The van der Waals surface area contributed by atoms with Crippen molar-refractivity contribution in [2.75, 3.05) is 6.54 Å². The van der Waals surface area contributed by atoms with E-state index >= 15 is 0 Å². The molecule has 2 aromatic rings. The molecule has 0 aliphatic carbocycles. The minimum absolute atomic E-state index is 0.113. The lowest BCUT2D eigenvalue weighted by atomic mass is 10.3. The predicted molar refractivity (Wildman–Crippen MR) is 90.5 cm³/mol. The molecule has 1 N–H and O–H groups in total. The van der Waals surface area contributed by atoms with Gasteiger partial charge < -0.3 is 15.4 Å². The van der Waals surface area contributed by atoms with Crippen LogP contribution in [0.1, 0.15) is 24.2 Å². The average Bonchev–Trinajstić information content (AvgIpc) is 3.03. The Morgan fingerprint density at radius 3 is 2.71 bits per heavy atom. The smallest absolute Gasteiger partial charge is 0.358 e. The third kappa shape index (κ3) is 4.88. The highest BCUT2D eigenvalue weighted by molar-refractivity contribution is 9.10. The molecule has 0 spiro atoms. The highest BCUT2D eigenvalue weighted by Gasteiger charge is 2.18. The number of nitrogens with zero attached hydrogens (tertiary/aromatic N) is 5. The van der Waals surface area contributed by atoms with Crippen LogP contribution in [0.15, 0.2) is 16.7 Å². The van der Waals surface area contributed by atoms with Crippen LogP contribution in [0.3, 0.4) is 0 Å². The van der Waals surface area contributed by atoms with E-state index in [1.807, 2.05) is 24.6 Å². The molecule has 130 valence electrons. The fraction of sp³-hybridized carbons (Fsp3) is 0.500. The predicted octanol–water partition coefficient (Wildman–Crippen LogP) is 1.96. The number of aromatic nitrogens is 4. The monoisotopic (exact) mass is 398 g/mol. The molecule has 9 nitrogen and oxygen atoms in total. The molecular weight excluding hydrogens is 380 g/mol. The summed E-state index contributed by atoms with van der Waals surface area (Å²) in [5.74, 6) is -0.363. The molecule has 0 radical (unpaired) electrons. The molecule has 2 aromatic heterocycles. The van der Waals surface area contributed by atoms with E-state index in [2.05, 4.69) is 31.4 Å². The Morgan fingerprint density at radius 2 is 2.12 bits per heavy atom. The quantitative estimate of drug-likeness (QED) is 0.415. The number of nitrogens with one attached hydrogen (secondary N) is 1. The van der Waals surface area contributed by atoms with Gasteiger partial charge in [0.2, 0.25) is 5.91 Å². The number of carbonyl (C=O) groups is 1. The maximum atomic E-state index is 11.8. The molecule has 2 heterocycles. The first-order valence-electron chi connectivity index (χ1n) is 7.52. The Labute approximate surface area is 147 Å². The molecule has 2 rings (SSSR count). The number of aryl methyl sites for hydroxylation is 4. The number of hydrogen-bond acceptors (Lipinski definition) is 5. The van der Waals surface area contributed by atoms with Crippen LogP contribution in [0.4, 0.5) is 5.82 Å². The fourth-order valence-corrected chi connectivity index (χ4v) is 2.75. The highest BCUT2D eigenvalue weighted by atomic mass is 79.9. The summed E-state index contributed by atoms with van der Waals surface area (Å²) in [6.07, 6.45) is 2.49. The number of carbonyl (C=O) groups excluding carboxylic acids is 1. The van der Waals surface area contributed by atoms with Crippen LogP contribution in [0, 0.1) is 24.0 Å². The van der Waals surface area contributed by atoms with Gasteiger partial charge >= 0.3 is 5.82 Å². The fourth-order valence-electron chi connectivity index (χ4n) is 2.29. The Kier molecular flexibility index (Phi) is 6.07.